The summed E-state index contributed by atoms with van der Waals surface area (Å²) in [5.74, 6) is 0.875. The molecular weight excluding hydrogens is 269 g/mol. The number of rotatable bonds is 3. The van der Waals surface area contributed by atoms with Crippen molar-refractivity contribution >= 4 is 0 Å². The van der Waals surface area contributed by atoms with Crippen molar-refractivity contribution in [2.75, 3.05) is 7.11 Å². The quantitative estimate of drug-likeness (QED) is 0.864. The van der Waals surface area contributed by atoms with Crippen molar-refractivity contribution in [2.24, 2.45) is 0 Å². The maximum atomic E-state index is 14.0. The number of aromatic nitrogens is 3. The molecule has 0 amide bonds. The van der Waals surface area contributed by atoms with E-state index in [-0.39, 0.29) is 11.2 Å². The van der Waals surface area contributed by atoms with Gasteiger partial charge in [0.25, 0.3) is 0 Å². The third-order valence-electron chi connectivity index (χ3n) is 3.74. The second kappa shape index (κ2) is 4.83. The number of benzene rings is 1. The van der Waals surface area contributed by atoms with Gasteiger partial charge in [-0.3, -0.25) is 0 Å². The van der Waals surface area contributed by atoms with E-state index in [9.17, 15) is 4.39 Å². The Morgan fingerprint density at radius 2 is 2.00 bits per heavy atom. The van der Waals surface area contributed by atoms with Crippen LogP contribution in [-0.4, -0.2) is 21.9 Å². The predicted octanol–water partition coefficient (Wildman–Crippen LogP) is 3.73. The number of halogens is 1. The zero-order valence-electron chi connectivity index (χ0n) is 12.9. The highest BCUT2D eigenvalue weighted by Gasteiger charge is 2.27. The molecule has 1 aromatic heterocycles. The van der Waals surface area contributed by atoms with Gasteiger partial charge in [-0.1, -0.05) is 20.8 Å². The Hall–Kier alpha value is -1.91. The van der Waals surface area contributed by atoms with Gasteiger partial charge in [0.2, 0.25) is 0 Å². The number of ether oxygens (including phenoxy) is 1. The van der Waals surface area contributed by atoms with Gasteiger partial charge in [-0.15, -0.1) is 0 Å². The van der Waals surface area contributed by atoms with E-state index in [0.717, 1.165) is 18.4 Å². The van der Waals surface area contributed by atoms with Gasteiger partial charge >= 0.3 is 0 Å². The molecule has 2 aromatic rings. The third kappa shape index (κ3) is 2.64. The zero-order valence-corrected chi connectivity index (χ0v) is 12.9. The fourth-order valence-corrected chi connectivity index (χ4v) is 2.45. The van der Waals surface area contributed by atoms with Crippen LogP contribution in [0, 0.1) is 5.82 Å². The van der Waals surface area contributed by atoms with Crippen molar-refractivity contribution in [1.82, 2.24) is 14.8 Å². The van der Waals surface area contributed by atoms with Gasteiger partial charge in [0, 0.05) is 5.56 Å². The topological polar surface area (TPSA) is 39.9 Å². The fraction of sp³-hybridized carbons (Fsp3) is 0.500. The van der Waals surface area contributed by atoms with E-state index in [2.05, 4.69) is 10.1 Å². The Morgan fingerprint density at radius 3 is 2.57 bits per heavy atom. The number of methoxy groups -OCH3 is 1. The Kier molecular flexibility index (Phi) is 3.23. The highest BCUT2D eigenvalue weighted by atomic mass is 19.1. The summed E-state index contributed by atoms with van der Waals surface area (Å²) in [5.41, 5.74) is 1.21. The highest BCUT2D eigenvalue weighted by Crippen LogP contribution is 2.40. The SMILES string of the molecule is COc1c(-c2ncn(C3CC3)n2)cc(F)cc1C(C)(C)C. The van der Waals surface area contributed by atoms with Crippen LogP contribution in [0.25, 0.3) is 11.4 Å². The van der Waals surface area contributed by atoms with E-state index in [1.54, 1.807) is 13.4 Å². The minimum Gasteiger partial charge on any atom is -0.496 e. The van der Waals surface area contributed by atoms with Crippen molar-refractivity contribution < 1.29 is 9.13 Å². The predicted molar refractivity (Wildman–Crippen MR) is 78.9 cm³/mol. The van der Waals surface area contributed by atoms with Crippen LogP contribution >= 0.6 is 0 Å². The van der Waals surface area contributed by atoms with Crippen LogP contribution in [-0.2, 0) is 5.41 Å². The maximum Gasteiger partial charge on any atom is 0.184 e. The van der Waals surface area contributed by atoms with Crippen LogP contribution in [0.15, 0.2) is 18.5 Å². The lowest BCUT2D eigenvalue weighted by Gasteiger charge is -2.23. The summed E-state index contributed by atoms with van der Waals surface area (Å²) in [5, 5.41) is 4.47. The van der Waals surface area contributed by atoms with Gasteiger partial charge in [-0.2, -0.15) is 5.10 Å². The Bertz CT molecular complexity index is 669. The molecule has 1 aromatic carbocycles. The molecule has 4 nitrogen and oxygen atoms in total. The molecule has 1 fully saturated rings. The molecule has 0 atom stereocenters. The normalized spacial score (nSPS) is 15.3. The van der Waals surface area contributed by atoms with Gasteiger partial charge in [-0.05, 0) is 30.4 Å². The summed E-state index contributed by atoms with van der Waals surface area (Å²) in [7, 11) is 1.60. The Morgan fingerprint density at radius 1 is 1.29 bits per heavy atom. The summed E-state index contributed by atoms with van der Waals surface area (Å²) in [6.45, 7) is 6.10. The first-order valence-corrected chi connectivity index (χ1v) is 7.19. The smallest absolute Gasteiger partial charge is 0.184 e. The van der Waals surface area contributed by atoms with E-state index in [1.807, 2.05) is 25.5 Å². The second-order valence-electron chi connectivity index (χ2n) is 6.56. The van der Waals surface area contributed by atoms with Gasteiger partial charge in [0.1, 0.15) is 17.9 Å². The fourth-order valence-electron chi connectivity index (χ4n) is 2.45. The number of hydrogen-bond donors (Lipinski definition) is 0. The molecule has 21 heavy (non-hydrogen) atoms. The van der Waals surface area contributed by atoms with Crippen LogP contribution in [0.2, 0.25) is 0 Å². The first-order chi connectivity index (χ1) is 9.90. The lowest BCUT2D eigenvalue weighted by atomic mass is 9.85. The summed E-state index contributed by atoms with van der Waals surface area (Å²) in [4.78, 5) is 4.33. The Balaban J connectivity index is 2.13. The molecule has 3 rings (SSSR count). The van der Waals surface area contributed by atoms with Crippen LogP contribution in [0.5, 0.6) is 5.75 Å². The standard InChI is InChI=1S/C16H20FN3O/c1-16(2,3)13-8-10(17)7-12(14(13)21-4)15-18-9-20(19-15)11-5-6-11/h7-9,11H,5-6H2,1-4H3. The average molecular weight is 289 g/mol. The minimum absolute atomic E-state index is 0.221. The average Bonchev–Trinajstić information content (AvgIpc) is 3.14. The van der Waals surface area contributed by atoms with Crippen molar-refractivity contribution in [3.05, 3.63) is 29.8 Å². The van der Waals surface area contributed by atoms with Gasteiger partial charge in [0.05, 0.1) is 18.7 Å². The van der Waals surface area contributed by atoms with Crippen molar-refractivity contribution in [2.45, 2.75) is 45.1 Å². The number of hydrogen-bond acceptors (Lipinski definition) is 3. The zero-order chi connectivity index (χ0) is 15.2. The molecule has 0 unspecified atom stereocenters. The molecule has 112 valence electrons. The van der Waals surface area contributed by atoms with E-state index < -0.39 is 0 Å². The minimum atomic E-state index is -0.293. The van der Waals surface area contributed by atoms with Gasteiger partial charge in [-0.25, -0.2) is 14.1 Å². The third-order valence-corrected chi connectivity index (χ3v) is 3.74. The second-order valence-corrected chi connectivity index (χ2v) is 6.56. The first kappa shape index (κ1) is 14.0. The highest BCUT2D eigenvalue weighted by molar-refractivity contribution is 5.67. The van der Waals surface area contributed by atoms with Crippen molar-refractivity contribution in [1.29, 1.82) is 0 Å². The maximum absolute atomic E-state index is 14.0. The first-order valence-electron chi connectivity index (χ1n) is 7.19. The van der Waals surface area contributed by atoms with Crippen LogP contribution in [0.3, 0.4) is 0 Å². The summed E-state index contributed by atoms with van der Waals surface area (Å²) in [6.07, 6.45) is 3.99. The lowest BCUT2D eigenvalue weighted by molar-refractivity contribution is 0.397. The molecule has 0 N–H and O–H groups in total. The molecule has 1 aliphatic carbocycles. The van der Waals surface area contributed by atoms with Gasteiger partial charge < -0.3 is 4.74 Å². The van der Waals surface area contributed by atoms with Gasteiger partial charge in [0.15, 0.2) is 5.82 Å². The molecule has 0 bridgehead atoms. The number of nitrogens with zero attached hydrogens (tertiary/aromatic N) is 3. The summed E-state index contributed by atoms with van der Waals surface area (Å²) >= 11 is 0. The van der Waals surface area contributed by atoms with Crippen molar-refractivity contribution in [3.63, 3.8) is 0 Å². The van der Waals surface area contributed by atoms with E-state index >= 15 is 0 Å². The van der Waals surface area contributed by atoms with E-state index in [1.165, 1.54) is 12.1 Å². The van der Waals surface area contributed by atoms with Crippen molar-refractivity contribution in [3.8, 4) is 17.1 Å². The van der Waals surface area contributed by atoms with Crippen LogP contribution < -0.4 is 4.74 Å². The summed E-state index contributed by atoms with van der Waals surface area (Å²) in [6, 6.07) is 3.42. The van der Waals surface area contributed by atoms with Crippen LogP contribution in [0.4, 0.5) is 4.39 Å². The molecule has 5 heteroatoms. The monoisotopic (exact) mass is 289 g/mol. The molecular formula is C16H20FN3O. The van der Waals surface area contributed by atoms with E-state index in [4.69, 9.17) is 4.74 Å². The molecule has 0 saturated heterocycles. The van der Waals surface area contributed by atoms with Crippen LogP contribution in [0.1, 0.15) is 45.2 Å². The molecule has 1 aliphatic rings. The molecule has 1 heterocycles. The largest absolute Gasteiger partial charge is 0.496 e. The van der Waals surface area contributed by atoms with E-state index in [0.29, 0.717) is 23.2 Å². The molecule has 0 spiro atoms. The molecule has 1 saturated carbocycles. The molecule has 0 radical (unpaired) electrons. The lowest BCUT2D eigenvalue weighted by Crippen LogP contribution is -2.14. The Labute approximate surface area is 124 Å². The summed E-state index contributed by atoms with van der Waals surface area (Å²) < 4.78 is 21.4. The molecule has 0 aliphatic heterocycles.